The van der Waals surface area contributed by atoms with Gasteiger partial charge in [-0.2, -0.15) is 0 Å². The average Bonchev–Trinajstić information content (AvgIpc) is 3.20. The van der Waals surface area contributed by atoms with Crippen LogP contribution < -0.4 is 5.32 Å². The normalized spacial score (nSPS) is 18.7. The summed E-state index contributed by atoms with van der Waals surface area (Å²) in [5.41, 5.74) is 2.16. The number of hydrogen-bond donors (Lipinski definition) is 2. The SMILES string of the molecule is C/C=C/c1cc2c(NC3CCC(N(C(=O)O)C(C)(C)C)CC3)c(Br)cnc2n1S(=O)(=O)c1ccc(C)cc1. The van der Waals surface area contributed by atoms with Crippen LogP contribution in [0, 0.1) is 6.92 Å². The van der Waals surface area contributed by atoms with Crippen molar-refractivity contribution in [2.75, 3.05) is 5.32 Å². The van der Waals surface area contributed by atoms with Gasteiger partial charge in [-0.1, -0.05) is 23.8 Å². The van der Waals surface area contributed by atoms with Crippen molar-refractivity contribution in [3.63, 3.8) is 0 Å². The highest BCUT2D eigenvalue weighted by Crippen LogP contribution is 2.37. The van der Waals surface area contributed by atoms with Gasteiger partial charge in [0, 0.05) is 29.2 Å². The Balaban J connectivity index is 1.69. The monoisotopic (exact) mass is 602 g/mol. The number of aryl methyl sites for hydroxylation is 1. The predicted molar refractivity (Wildman–Crippen MR) is 155 cm³/mol. The molecule has 0 aliphatic heterocycles. The number of nitrogens with zero attached hydrogens (tertiary/aromatic N) is 3. The molecule has 0 saturated heterocycles. The molecular formula is C28H35BrN4O4S. The Morgan fingerprint density at radius 2 is 1.82 bits per heavy atom. The zero-order chi connectivity index (χ0) is 27.8. The largest absolute Gasteiger partial charge is 0.465 e. The number of nitrogens with one attached hydrogen (secondary N) is 1. The molecule has 1 aliphatic rings. The number of aromatic nitrogens is 2. The summed E-state index contributed by atoms with van der Waals surface area (Å²) in [7, 11) is -3.89. The smallest absolute Gasteiger partial charge is 0.407 e. The molecule has 1 amide bonds. The van der Waals surface area contributed by atoms with E-state index in [0.717, 1.165) is 41.4 Å². The topological polar surface area (TPSA) is 105 Å². The van der Waals surface area contributed by atoms with E-state index in [2.05, 4.69) is 26.2 Å². The summed E-state index contributed by atoms with van der Waals surface area (Å²) >= 11 is 3.61. The third kappa shape index (κ3) is 5.47. The number of fused-ring (bicyclic) bond motifs is 1. The van der Waals surface area contributed by atoms with E-state index in [1.807, 2.05) is 46.8 Å². The first-order valence-corrected chi connectivity index (χ1v) is 15.0. The van der Waals surface area contributed by atoms with E-state index in [4.69, 9.17) is 0 Å². The number of benzene rings is 1. The van der Waals surface area contributed by atoms with Gasteiger partial charge in [0.25, 0.3) is 10.0 Å². The lowest BCUT2D eigenvalue weighted by Gasteiger charge is -2.43. The number of amides is 1. The number of halogens is 1. The molecule has 2 heterocycles. The van der Waals surface area contributed by atoms with Crippen LogP contribution in [0.25, 0.3) is 17.1 Å². The molecule has 1 fully saturated rings. The first-order chi connectivity index (χ1) is 17.8. The number of carboxylic acid groups (broad SMARTS) is 1. The van der Waals surface area contributed by atoms with Gasteiger partial charge in [-0.3, -0.25) is 0 Å². The van der Waals surface area contributed by atoms with E-state index >= 15 is 0 Å². The summed E-state index contributed by atoms with van der Waals surface area (Å²) in [5, 5.41) is 14.1. The maximum atomic E-state index is 13.7. The standard InChI is InChI=1S/C28H35BrN4O4S/c1-6-7-21-16-23-25(31-19-10-12-20(13-11-19)32(27(34)35)28(3,4)5)24(29)17-30-26(23)33(21)38(36,37)22-14-8-18(2)9-15-22/h6-9,14-17,19-20H,10-13H2,1-5H3,(H,30,31)(H,34,35)/b7-6+. The molecule has 1 saturated carbocycles. The van der Waals surface area contributed by atoms with Crippen LogP contribution in [0.4, 0.5) is 10.5 Å². The fraction of sp³-hybridized carbons (Fsp3) is 0.429. The van der Waals surface area contributed by atoms with Crippen LogP contribution in [-0.2, 0) is 10.0 Å². The summed E-state index contributed by atoms with van der Waals surface area (Å²) in [6, 6.07) is 8.73. The van der Waals surface area contributed by atoms with E-state index in [1.165, 1.54) is 3.97 Å². The molecule has 204 valence electrons. The van der Waals surface area contributed by atoms with Gasteiger partial charge in [0.2, 0.25) is 0 Å². The lowest BCUT2D eigenvalue weighted by atomic mass is 9.88. The van der Waals surface area contributed by atoms with E-state index in [0.29, 0.717) is 16.7 Å². The molecular weight excluding hydrogens is 568 g/mol. The molecule has 38 heavy (non-hydrogen) atoms. The predicted octanol–water partition coefficient (Wildman–Crippen LogP) is 6.88. The number of hydrogen-bond acceptors (Lipinski definition) is 5. The molecule has 2 N–H and O–H groups in total. The summed E-state index contributed by atoms with van der Waals surface area (Å²) in [5.74, 6) is 0. The third-order valence-electron chi connectivity index (χ3n) is 7.00. The molecule has 0 unspecified atom stereocenters. The summed E-state index contributed by atoms with van der Waals surface area (Å²) in [6.45, 7) is 9.54. The molecule has 2 aromatic heterocycles. The molecule has 1 aromatic carbocycles. The Kier molecular flexibility index (Phi) is 7.95. The van der Waals surface area contributed by atoms with Crippen LogP contribution in [0.2, 0.25) is 0 Å². The first kappa shape index (κ1) is 28.2. The Morgan fingerprint density at radius 3 is 2.37 bits per heavy atom. The molecule has 10 heteroatoms. The minimum atomic E-state index is -3.89. The molecule has 0 atom stereocenters. The van der Waals surface area contributed by atoms with E-state index < -0.39 is 21.7 Å². The van der Waals surface area contributed by atoms with Crippen LogP contribution >= 0.6 is 15.9 Å². The van der Waals surface area contributed by atoms with E-state index in [-0.39, 0.29) is 17.0 Å². The lowest BCUT2D eigenvalue weighted by molar-refractivity contribution is 0.0557. The van der Waals surface area contributed by atoms with Crippen molar-refractivity contribution in [3.8, 4) is 0 Å². The summed E-state index contributed by atoms with van der Waals surface area (Å²) in [6.07, 6.45) is 7.41. The van der Waals surface area contributed by atoms with Gasteiger partial charge in [-0.05, 0) is 101 Å². The van der Waals surface area contributed by atoms with Gasteiger partial charge in [-0.25, -0.2) is 22.2 Å². The molecule has 0 bridgehead atoms. The van der Waals surface area contributed by atoms with Gasteiger partial charge in [0.05, 0.1) is 20.7 Å². The van der Waals surface area contributed by atoms with Crippen molar-refractivity contribution in [1.29, 1.82) is 0 Å². The average molecular weight is 604 g/mol. The summed E-state index contributed by atoms with van der Waals surface area (Å²) < 4.78 is 29.5. The molecule has 3 aromatic rings. The number of carbonyl (C=O) groups is 1. The van der Waals surface area contributed by atoms with Crippen molar-refractivity contribution in [2.24, 2.45) is 0 Å². The van der Waals surface area contributed by atoms with Crippen LogP contribution in [0.5, 0.6) is 0 Å². The number of pyridine rings is 1. The molecule has 8 nitrogen and oxygen atoms in total. The fourth-order valence-corrected chi connectivity index (χ4v) is 7.18. The lowest BCUT2D eigenvalue weighted by Crippen LogP contribution is -2.52. The van der Waals surface area contributed by atoms with Crippen molar-refractivity contribution < 1.29 is 18.3 Å². The maximum absolute atomic E-state index is 13.7. The zero-order valence-corrected chi connectivity index (χ0v) is 24.8. The molecule has 1 aliphatic carbocycles. The van der Waals surface area contributed by atoms with Crippen LogP contribution in [0.15, 0.2) is 52.0 Å². The number of rotatable bonds is 6. The van der Waals surface area contributed by atoms with Crippen LogP contribution in [0.3, 0.4) is 0 Å². The highest BCUT2D eigenvalue weighted by atomic mass is 79.9. The Labute approximate surface area is 232 Å². The fourth-order valence-electron chi connectivity index (χ4n) is 5.29. The second-order valence-electron chi connectivity index (χ2n) is 10.8. The van der Waals surface area contributed by atoms with Gasteiger partial charge < -0.3 is 15.3 Å². The Hall–Kier alpha value is -2.85. The van der Waals surface area contributed by atoms with Crippen molar-refractivity contribution >= 4 is 54.8 Å². The third-order valence-corrected chi connectivity index (χ3v) is 9.34. The van der Waals surface area contributed by atoms with Crippen molar-refractivity contribution in [3.05, 3.63) is 58.3 Å². The molecule has 4 rings (SSSR count). The zero-order valence-electron chi connectivity index (χ0n) is 22.4. The van der Waals surface area contributed by atoms with Gasteiger partial charge in [0.1, 0.15) is 0 Å². The Bertz CT molecular complexity index is 1470. The quantitative estimate of drug-likeness (QED) is 0.318. The van der Waals surface area contributed by atoms with Crippen molar-refractivity contribution in [2.45, 2.75) is 82.8 Å². The Morgan fingerprint density at radius 1 is 1.18 bits per heavy atom. The number of allylic oxidation sites excluding steroid dienone is 1. The minimum Gasteiger partial charge on any atom is -0.465 e. The second-order valence-corrected chi connectivity index (χ2v) is 13.5. The van der Waals surface area contributed by atoms with Gasteiger partial charge in [-0.15, -0.1) is 0 Å². The van der Waals surface area contributed by atoms with E-state index in [9.17, 15) is 18.3 Å². The van der Waals surface area contributed by atoms with Crippen LogP contribution in [-0.4, -0.2) is 51.1 Å². The minimum absolute atomic E-state index is 0.0338. The van der Waals surface area contributed by atoms with Crippen molar-refractivity contribution in [1.82, 2.24) is 13.9 Å². The van der Waals surface area contributed by atoms with Gasteiger partial charge >= 0.3 is 6.09 Å². The molecule has 0 radical (unpaired) electrons. The summed E-state index contributed by atoms with van der Waals surface area (Å²) in [4.78, 5) is 18.2. The second kappa shape index (κ2) is 10.7. The maximum Gasteiger partial charge on any atom is 0.407 e. The highest BCUT2D eigenvalue weighted by molar-refractivity contribution is 9.10. The number of anilines is 1. The van der Waals surface area contributed by atoms with E-state index in [1.54, 1.807) is 41.4 Å². The highest BCUT2D eigenvalue weighted by Gasteiger charge is 2.36. The first-order valence-electron chi connectivity index (χ1n) is 12.8. The van der Waals surface area contributed by atoms with Gasteiger partial charge in [0.15, 0.2) is 5.65 Å². The molecule has 0 spiro atoms. The van der Waals surface area contributed by atoms with Crippen LogP contribution in [0.1, 0.15) is 64.6 Å².